The Kier molecular flexibility index (Phi) is 2.74. The normalized spacial score (nSPS) is 10.9. The monoisotopic (exact) mass is 191 g/mol. The molecule has 0 amide bonds. The average Bonchev–Trinajstić information content (AvgIpc) is 2.60. The zero-order valence-corrected chi connectivity index (χ0v) is 8.16. The van der Waals surface area contributed by atoms with E-state index in [0.29, 0.717) is 18.1 Å². The number of hydrogen-bond acceptors (Lipinski definition) is 4. The van der Waals surface area contributed by atoms with Gasteiger partial charge in [-0.1, -0.05) is 6.92 Å². The third-order valence-corrected chi connectivity index (χ3v) is 1.91. The maximum atomic E-state index is 5.48. The van der Waals surface area contributed by atoms with E-state index < -0.39 is 0 Å². The van der Waals surface area contributed by atoms with E-state index in [2.05, 4.69) is 22.2 Å². The van der Waals surface area contributed by atoms with Crippen molar-refractivity contribution >= 4 is 11.2 Å². The number of aromatic nitrogens is 2. The highest BCUT2D eigenvalue weighted by molar-refractivity contribution is 5.66. The maximum Gasteiger partial charge on any atom is 0.211 e. The van der Waals surface area contributed by atoms with Crippen LogP contribution in [0.25, 0.3) is 11.2 Å². The summed E-state index contributed by atoms with van der Waals surface area (Å²) in [6, 6.07) is 3.72. The number of nitrogens with zero attached hydrogens (tertiary/aromatic N) is 2. The zero-order valence-electron chi connectivity index (χ0n) is 8.16. The van der Waals surface area contributed by atoms with Crippen molar-refractivity contribution in [2.45, 2.75) is 19.9 Å². The molecular formula is C10H13N3O. The van der Waals surface area contributed by atoms with E-state index >= 15 is 0 Å². The minimum atomic E-state index is 0.671. The first kappa shape index (κ1) is 9.15. The molecule has 0 spiro atoms. The lowest BCUT2D eigenvalue weighted by Gasteiger charge is -1.96. The van der Waals surface area contributed by atoms with Gasteiger partial charge in [-0.05, 0) is 25.1 Å². The molecule has 74 valence electrons. The van der Waals surface area contributed by atoms with Crippen LogP contribution >= 0.6 is 0 Å². The maximum absolute atomic E-state index is 5.48. The second-order valence-electron chi connectivity index (χ2n) is 3.11. The fraction of sp³-hybridized carbons (Fsp3) is 0.400. The fourth-order valence-corrected chi connectivity index (χ4v) is 1.26. The van der Waals surface area contributed by atoms with Crippen molar-refractivity contribution in [3.63, 3.8) is 0 Å². The number of oxazole rings is 1. The molecule has 2 rings (SSSR count). The van der Waals surface area contributed by atoms with Crippen LogP contribution in [0.2, 0.25) is 0 Å². The number of nitrogens with one attached hydrogen (secondary N) is 1. The first-order valence-corrected chi connectivity index (χ1v) is 4.81. The van der Waals surface area contributed by atoms with Crippen LogP contribution in [-0.2, 0) is 6.54 Å². The van der Waals surface area contributed by atoms with E-state index in [1.807, 2.05) is 12.1 Å². The van der Waals surface area contributed by atoms with Crippen molar-refractivity contribution in [2.75, 3.05) is 6.54 Å². The minimum absolute atomic E-state index is 0.671. The molecule has 0 aromatic carbocycles. The Balaban J connectivity index is 2.11. The Morgan fingerprint density at radius 3 is 3.21 bits per heavy atom. The predicted molar refractivity (Wildman–Crippen MR) is 53.8 cm³/mol. The third kappa shape index (κ3) is 1.90. The van der Waals surface area contributed by atoms with Crippen LogP contribution in [0.5, 0.6) is 0 Å². The van der Waals surface area contributed by atoms with E-state index in [1.54, 1.807) is 6.20 Å². The summed E-state index contributed by atoms with van der Waals surface area (Å²) < 4.78 is 5.48. The van der Waals surface area contributed by atoms with Gasteiger partial charge < -0.3 is 9.73 Å². The van der Waals surface area contributed by atoms with Gasteiger partial charge in [0.25, 0.3) is 0 Å². The van der Waals surface area contributed by atoms with Crippen molar-refractivity contribution in [3.8, 4) is 0 Å². The first-order valence-electron chi connectivity index (χ1n) is 4.81. The fourth-order valence-electron chi connectivity index (χ4n) is 1.26. The largest absolute Gasteiger partial charge is 0.438 e. The van der Waals surface area contributed by atoms with Gasteiger partial charge >= 0.3 is 0 Å². The summed E-state index contributed by atoms with van der Waals surface area (Å²) in [7, 11) is 0. The van der Waals surface area contributed by atoms with Crippen molar-refractivity contribution in [1.29, 1.82) is 0 Å². The van der Waals surface area contributed by atoms with Gasteiger partial charge in [-0.2, -0.15) is 4.98 Å². The van der Waals surface area contributed by atoms with Crippen LogP contribution in [0, 0.1) is 0 Å². The molecule has 2 heterocycles. The van der Waals surface area contributed by atoms with E-state index in [9.17, 15) is 0 Å². The number of fused-ring (bicyclic) bond motifs is 1. The van der Waals surface area contributed by atoms with Gasteiger partial charge in [0.2, 0.25) is 5.89 Å². The molecule has 1 N–H and O–H groups in total. The molecule has 0 radical (unpaired) electrons. The predicted octanol–water partition coefficient (Wildman–Crippen LogP) is 1.72. The van der Waals surface area contributed by atoms with Crippen LogP contribution in [0.1, 0.15) is 19.2 Å². The second-order valence-corrected chi connectivity index (χ2v) is 3.11. The molecule has 2 aromatic rings. The topological polar surface area (TPSA) is 51.0 Å². The van der Waals surface area contributed by atoms with Crippen LogP contribution in [0.4, 0.5) is 0 Å². The third-order valence-electron chi connectivity index (χ3n) is 1.91. The second kappa shape index (κ2) is 4.19. The molecule has 0 aliphatic heterocycles. The van der Waals surface area contributed by atoms with Gasteiger partial charge in [-0.15, -0.1) is 0 Å². The standard InChI is InChI=1S/C10H13N3O/c1-2-5-11-7-9-13-10-8(14-9)4-3-6-12-10/h3-4,6,11H,2,5,7H2,1H3. The summed E-state index contributed by atoms with van der Waals surface area (Å²) in [5.41, 5.74) is 1.43. The highest BCUT2D eigenvalue weighted by Crippen LogP contribution is 2.11. The SMILES string of the molecule is CCCNCc1nc2ncccc2o1. The molecule has 0 bridgehead atoms. The molecule has 14 heavy (non-hydrogen) atoms. The number of rotatable bonds is 4. The lowest BCUT2D eigenvalue weighted by atomic mass is 10.5. The van der Waals surface area contributed by atoms with Crippen LogP contribution in [0.15, 0.2) is 22.7 Å². The van der Waals surface area contributed by atoms with Gasteiger partial charge in [-0.3, -0.25) is 0 Å². The van der Waals surface area contributed by atoms with E-state index in [-0.39, 0.29) is 0 Å². The van der Waals surface area contributed by atoms with Crippen LogP contribution in [-0.4, -0.2) is 16.5 Å². The number of pyridine rings is 1. The molecule has 0 atom stereocenters. The Bertz CT molecular complexity index is 377. The van der Waals surface area contributed by atoms with Gasteiger partial charge in [0.05, 0.1) is 6.54 Å². The Morgan fingerprint density at radius 2 is 2.43 bits per heavy atom. The quantitative estimate of drug-likeness (QED) is 0.747. The van der Waals surface area contributed by atoms with E-state index in [0.717, 1.165) is 18.5 Å². The van der Waals surface area contributed by atoms with Crippen LogP contribution in [0.3, 0.4) is 0 Å². The molecular weight excluding hydrogens is 178 g/mol. The highest BCUT2D eigenvalue weighted by atomic mass is 16.3. The Hall–Kier alpha value is -1.42. The van der Waals surface area contributed by atoms with Crippen molar-refractivity contribution < 1.29 is 4.42 Å². The van der Waals surface area contributed by atoms with Gasteiger partial charge in [-0.25, -0.2) is 4.98 Å². The van der Waals surface area contributed by atoms with Crippen molar-refractivity contribution in [3.05, 3.63) is 24.2 Å². The summed E-state index contributed by atoms with van der Waals surface area (Å²) in [6.07, 6.45) is 2.83. The Labute approximate surface area is 82.4 Å². The van der Waals surface area contributed by atoms with Crippen molar-refractivity contribution in [2.24, 2.45) is 0 Å². The van der Waals surface area contributed by atoms with Gasteiger partial charge in [0, 0.05) is 6.20 Å². The molecule has 0 aliphatic rings. The molecule has 0 unspecified atom stereocenters. The molecule has 4 heteroatoms. The summed E-state index contributed by atoms with van der Waals surface area (Å²) >= 11 is 0. The molecule has 0 aliphatic carbocycles. The molecule has 4 nitrogen and oxygen atoms in total. The van der Waals surface area contributed by atoms with E-state index in [1.165, 1.54) is 0 Å². The van der Waals surface area contributed by atoms with Crippen LogP contribution < -0.4 is 5.32 Å². The molecule has 0 saturated heterocycles. The highest BCUT2D eigenvalue weighted by Gasteiger charge is 2.04. The summed E-state index contributed by atoms with van der Waals surface area (Å²) in [5, 5.41) is 3.23. The Morgan fingerprint density at radius 1 is 1.50 bits per heavy atom. The smallest absolute Gasteiger partial charge is 0.211 e. The summed E-state index contributed by atoms with van der Waals surface area (Å²) in [5.74, 6) is 0.701. The first-order chi connectivity index (χ1) is 6.90. The molecule has 2 aromatic heterocycles. The number of hydrogen-bond donors (Lipinski definition) is 1. The molecule has 0 fully saturated rings. The average molecular weight is 191 g/mol. The van der Waals surface area contributed by atoms with Gasteiger partial charge in [0.1, 0.15) is 0 Å². The lowest BCUT2D eigenvalue weighted by Crippen LogP contribution is -2.13. The zero-order chi connectivity index (χ0) is 9.80. The van der Waals surface area contributed by atoms with Crippen molar-refractivity contribution in [1.82, 2.24) is 15.3 Å². The molecule has 0 saturated carbocycles. The summed E-state index contributed by atoms with van der Waals surface area (Å²) in [4.78, 5) is 8.34. The summed E-state index contributed by atoms with van der Waals surface area (Å²) in [6.45, 7) is 3.77. The van der Waals surface area contributed by atoms with Gasteiger partial charge in [0.15, 0.2) is 11.2 Å². The van der Waals surface area contributed by atoms with E-state index in [4.69, 9.17) is 4.42 Å². The minimum Gasteiger partial charge on any atom is -0.438 e. The lowest BCUT2D eigenvalue weighted by molar-refractivity contribution is 0.495.